The zero-order chi connectivity index (χ0) is 14.0. The first-order chi connectivity index (χ1) is 8.91. The molecule has 9 heteroatoms. The minimum absolute atomic E-state index is 0.0114. The second-order valence-corrected chi connectivity index (χ2v) is 6.32. The Balaban J connectivity index is 2.36. The van der Waals surface area contributed by atoms with Crippen molar-refractivity contribution < 1.29 is 23.2 Å². The maximum absolute atomic E-state index is 11.1. The van der Waals surface area contributed by atoms with Crippen LogP contribution in [0.4, 0.5) is 6.01 Å². The molecule has 4 N–H and O–H groups in total. The lowest BCUT2D eigenvalue weighted by Crippen LogP contribution is -1.98. The van der Waals surface area contributed by atoms with Crippen molar-refractivity contribution in [3.63, 3.8) is 0 Å². The lowest BCUT2D eigenvalue weighted by Gasteiger charge is -1.98. The van der Waals surface area contributed by atoms with E-state index in [-0.39, 0.29) is 11.8 Å². The molecule has 7 nitrogen and oxygen atoms in total. The second kappa shape index (κ2) is 5.42. The Hall–Kier alpha value is -1.21. The zero-order valence-electron chi connectivity index (χ0n) is 10.1. The van der Waals surface area contributed by atoms with Crippen molar-refractivity contribution in [1.29, 1.82) is 0 Å². The molecule has 0 bridgehead atoms. The van der Waals surface area contributed by atoms with E-state index in [0.717, 1.165) is 12.2 Å². The highest BCUT2D eigenvalue weighted by Crippen LogP contribution is 2.38. The number of oxazole rings is 1. The molecule has 0 aliphatic heterocycles. The molecule has 0 aromatic carbocycles. The van der Waals surface area contributed by atoms with Crippen molar-refractivity contribution in [1.82, 2.24) is 4.98 Å². The van der Waals surface area contributed by atoms with E-state index in [4.69, 9.17) is 24.4 Å². The van der Waals surface area contributed by atoms with Gasteiger partial charge in [0.2, 0.25) is 5.50 Å². The van der Waals surface area contributed by atoms with Crippen molar-refractivity contribution in [3.05, 3.63) is 12.1 Å². The molecule has 2 aromatic rings. The van der Waals surface area contributed by atoms with Gasteiger partial charge in [0, 0.05) is 5.75 Å². The SMILES string of the molecule is CCCSc1oc(N)nc1-c1ccc(P(=O)(O)O)o1. The summed E-state index contributed by atoms with van der Waals surface area (Å²) in [6.45, 7) is 2.02. The van der Waals surface area contributed by atoms with Crippen molar-refractivity contribution in [2.45, 2.75) is 18.4 Å². The first-order valence-electron chi connectivity index (χ1n) is 5.47. The lowest BCUT2D eigenvalue weighted by atomic mass is 10.4. The number of nitrogens with two attached hydrogens (primary N) is 1. The number of furan rings is 1. The molecule has 0 aliphatic rings. The van der Waals surface area contributed by atoms with Crippen LogP contribution in [0.5, 0.6) is 0 Å². The predicted molar refractivity (Wildman–Crippen MR) is 71.3 cm³/mol. The highest BCUT2D eigenvalue weighted by Gasteiger charge is 2.24. The van der Waals surface area contributed by atoms with Gasteiger partial charge in [-0.1, -0.05) is 18.7 Å². The number of nitrogens with zero attached hydrogens (tertiary/aromatic N) is 1. The van der Waals surface area contributed by atoms with Crippen molar-refractivity contribution in [2.75, 3.05) is 11.5 Å². The molecule has 0 radical (unpaired) electrons. The van der Waals surface area contributed by atoms with E-state index < -0.39 is 13.1 Å². The Bertz CT molecular complexity index is 617. The minimum atomic E-state index is -4.41. The van der Waals surface area contributed by atoms with Crippen molar-refractivity contribution >= 4 is 30.9 Å². The Morgan fingerprint density at radius 2 is 2.16 bits per heavy atom. The number of thioether (sulfide) groups is 1. The van der Waals surface area contributed by atoms with Crippen molar-refractivity contribution in [2.24, 2.45) is 0 Å². The standard InChI is InChI=1S/C10H13N2O5PS/c1-2-5-19-9-8(12-10(11)17-9)6-3-4-7(16-6)18(13,14)15/h3-4H,2,5H2,1H3,(H2,11,12)(H2,13,14,15). The third-order valence-electron chi connectivity index (χ3n) is 2.16. The molecular formula is C10H13N2O5PS. The van der Waals surface area contributed by atoms with E-state index in [9.17, 15) is 4.57 Å². The monoisotopic (exact) mass is 304 g/mol. The molecule has 0 aliphatic carbocycles. The largest absolute Gasteiger partial charge is 0.446 e. The van der Waals surface area contributed by atoms with Crippen LogP contribution in [0.25, 0.3) is 11.5 Å². The van der Waals surface area contributed by atoms with Crippen LogP contribution in [0.3, 0.4) is 0 Å². The number of hydrogen-bond donors (Lipinski definition) is 3. The summed E-state index contributed by atoms with van der Waals surface area (Å²) in [5, 5.41) is 0.478. The third kappa shape index (κ3) is 3.22. The molecule has 0 spiro atoms. The quantitative estimate of drug-likeness (QED) is 0.564. The van der Waals surface area contributed by atoms with Crippen molar-refractivity contribution in [3.8, 4) is 11.5 Å². The molecule has 19 heavy (non-hydrogen) atoms. The van der Waals surface area contributed by atoms with E-state index in [1.165, 1.54) is 23.9 Å². The van der Waals surface area contributed by atoms with Gasteiger partial charge in [0.15, 0.2) is 16.5 Å². The fourth-order valence-electron chi connectivity index (χ4n) is 1.38. The first kappa shape index (κ1) is 14.2. The molecule has 0 fully saturated rings. The van der Waals surface area contributed by atoms with E-state index >= 15 is 0 Å². The summed E-state index contributed by atoms with van der Waals surface area (Å²) in [5.41, 5.74) is 5.44. The molecule has 0 saturated heterocycles. The second-order valence-electron chi connectivity index (χ2n) is 3.72. The molecule has 0 unspecified atom stereocenters. The Labute approximate surface area is 113 Å². The number of rotatable bonds is 5. The normalized spacial score (nSPS) is 11.9. The van der Waals surface area contributed by atoms with Crippen LogP contribution < -0.4 is 11.2 Å². The number of aromatic nitrogens is 1. The van der Waals surface area contributed by atoms with Gasteiger partial charge in [0.1, 0.15) is 0 Å². The van der Waals surface area contributed by atoms with Crippen LogP contribution in [0.15, 0.2) is 26.1 Å². The Morgan fingerprint density at radius 1 is 1.42 bits per heavy atom. The van der Waals surface area contributed by atoms with Gasteiger partial charge in [0.25, 0.3) is 6.01 Å². The highest BCUT2D eigenvalue weighted by atomic mass is 32.2. The summed E-state index contributed by atoms with van der Waals surface area (Å²) in [4.78, 5) is 22.0. The maximum atomic E-state index is 11.1. The maximum Gasteiger partial charge on any atom is 0.391 e. The zero-order valence-corrected chi connectivity index (χ0v) is 11.8. The van der Waals surface area contributed by atoms with Gasteiger partial charge < -0.3 is 24.4 Å². The summed E-state index contributed by atoms with van der Waals surface area (Å²) in [6, 6.07) is 2.64. The molecule has 0 saturated carbocycles. The van der Waals surface area contributed by atoms with E-state index in [2.05, 4.69) is 4.98 Å². The van der Waals surface area contributed by atoms with Gasteiger partial charge in [0.05, 0.1) is 0 Å². The molecule has 2 heterocycles. The average molecular weight is 304 g/mol. The van der Waals surface area contributed by atoms with Gasteiger partial charge in [-0.3, -0.25) is 4.57 Å². The van der Waals surface area contributed by atoms with Gasteiger partial charge >= 0.3 is 7.60 Å². The predicted octanol–water partition coefficient (Wildman–Crippen LogP) is 1.82. The van der Waals surface area contributed by atoms with Crippen LogP contribution in [0.2, 0.25) is 0 Å². The Kier molecular flexibility index (Phi) is 4.05. The number of nitrogen functional groups attached to an aromatic ring is 1. The third-order valence-corrected chi connectivity index (χ3v) is 4.13. The van der Waals surface area contributed by atoms with E-state index in [0.29, 0.717) is 10.8 Å². The van der Waals surface area contributed by atoms with E-state index in [1.807, 2.05) is 6.92 Å². The molecule has 2 aromatic heterocycles. The first-order valence-corrected chi connectivity index (χ1v) is 8.07. The minimum Gasteiger partial charge on any atom is -0.446 e. The van der Waals surface area contributed by atoms with Crippen LogP contribution in [0, 0.1) is 0 Å². The van der Waals surface area contributed by atoms with Gasteiger partial charge in [-0.2, -0.15) is 4.98 Å². The van der Waals surface area contributed by atoms with Gasteiger partial charge in [-0.15, -0.1) is 0 Å². The van der Waals surface area contributed by atoms with Crippen LogP contribution in [-0.4, -0.2) is 20.5 Å². The van der Waals surface area contributed by atoms with Crippen LogP contribution >= 0.6 is 19.4 Å². The van der Waals surface area contributed by atoms with Crippen LogP contribution in [-0.2, 0) is 4.57 Å². The fraction of sp³-hybridized carbons (Fsp3) is 0.300. The molecule has 0 atom stereocenters. The number of anilines is 1. The average Bonchev–Trinajstić information content (AvgIpc) is 2.91. The summed E-state index contributed by atoms with van der Waals surface area (Å²) >= 11 is 1.42. The highest BCUT2D eigenvalue weighted by molar-refractivity contribution is 7.99. The molecular weight excluding hydrogens is 291 g/mol. The summed E-state index contributed by atoms with van der Waals surface area (Å²) < 4.78 is 21.4. The van der Waals surface area contributed by atoms with Gasteiger partial charge in [-0.05, 0) is 18.6 Å². The smallest absolute Gasteiger partial charge is 0.391 e. The topological polar surface area (TPSA) is 123 Å². The van der Waals surface area contributed by atoms with Gasteiger partial charge in [-0.25, -0.2) is 0 Å². The molecule has 0 amide bonds. The summed E-state index contributed by atoms with van der Waals surface area (Å²) in [7, 11) is -4.41. The Morgan fingerprint density at radius 3 is 2.74 bits per heavy atom. The number of hydrogen-bond acceptors (Lipinski definition) is 6. The lowest BCUT2D eigenvalue weighted by molar-refractivity contribution is 0.377. The summed E-state index contributed by atoms with van der Waals surface area (Å²) in [5.74, 6) is 1.03. The fourth-order valence-corrected chi connectivity index (χ4v) is 2.68. The molecule has 2 rings (SSSR count). The van der Waals surface area contributed by atoms with Crippen LogP contribution in [0.1, 0.15) is 13.3 Å². The van der Waals surface area contributed by atoms with E-state index in [1.54, 1.807) is 0 Å². The summed E-state index contributed by atoms with van der Waals surface area (Å²) in [6.07, 6.45) is 0.941. The molecule has 104 valence electrons.